The zero-order chi connectivity index (χ0) is 15.5. The number of amides is 2. The molecule has 1 atom stereocenters. The van der Waals surface area contributed by atoms with Crippen LogP contribution in [0.3, 0.4) is 0 Å². The normalized spacial score (nSPS) is 26.9. The molecule has 2 fully saturated rings. The van der Waals surface area contributed by atoms with Gasteiger partial charge in [0.05, 0.1) is 18.6 Å². The maximum absolute atomic E-state index is 12.6. The Kier molecular flexibility index (Phi) is 5.22. The van der Waals surface area contributed by atoms with Gasteiger partial charge in [-0.15, -0.1) is 0 Å². The number of carbonyl (C=O) groups excluding carboxylic acids is 2. The molecule has 0 aromatic heterocycles. The first-order chi connectivity index (χ1) is 10.00. The number of aliphatic hydroxyl groups excluding tert-OH is 1. The largest absolute Gasteiger partial charge is 0.394 e. The lowest BCUT2D eigenvalue weighted by molar-refractivity contribution is -0.142. The highest BCUT2D eigenvalue weighted by atomic mass is 16.5. The van der Waals surface area contributed by atoms with Crippen LogP contribution in [0.5, 0.6) is 0 Å². The standard InChI is InChI=1S/C15H26N2O4/c1-12(19)17-7-3-6-15(17,11-18)10-14(20)16(2)13-4-8-21-9-5-13/h13,18H,3-11H2,1-2H3. The summed E-state index contributed by atoms with van der Waals surface area (Å²) < 4.78 is 5.32. The molecule has 0 aromatic rings. The van der Waals surface area contributed by atoms with E-state index in [1.165, 1.54) is 6.92 Å². The Bertz CT molecular complexity index is 395. The number of likely N-dealkylation sites (tertiary alicyclic amines) is 1. The monoisotopic (exact) mass is 298 g/mol. The molecule has 0 bridgehead atoms. The molecular formula is C15H26N2O4. The van der Waals surface area contributed by atoms with Crippen molar-refractivity contribution in [2.75, 3.05) is 33.4 Å². The second-order valence-corrected chi connectivity index (χ2v) is 6.18. The van der Waals surface area contributed by atoms with Crippen LogP contribution in [0, 0.1) is 0 Å². The van der Waals surface area contributed by atoms with Crippen molar-refractivity contribution in [3.05, 3.63) is 0 Å². The highest BCUT2D eigenvalue weighted by Gasteiger charge is 2.44. The Hall–Kier alpha value is -1.14. The van der Waals surface area contributed by atoms with Crippen molar-refractivity contribution in [3.8, 4) is 0 Å². The van der Waals surface area contributed by atoms with E-state index in [0.717, 1.165) is 19.3 Å². The Labute approximate surface area is 126 Å². The molecule has 2 aliphatic rings. The summed E-state index contributed by atoms with van der Waals surface area (Å²) in [6.07, 6.45) is 3.44. The average molecular weight is 298 g/mol. The van der Waals surface area contributed by atoms with Crippen molar-refractivity contribution in [1.29, 1.82) is 0 Å². The van der Waals surface area contributed by atoms with Crippen LogP contribution in [-0.2, 0) is 14.3 Å². The Morgan fingerprint density at radius 1 is 1.38 bits per heavy atom. The molecule has 0 saturated carbocycles. The van der Waals surface area contributed by atoms with Gasteiger partial charge in [-0.3, -0.25) is 9.59 Å². The van der Waals surface area contributed by atoms with E-state index in [1.54, 1.807) is 9.80 Å². The molecule has 1 unspecified atom stereocenters. The summed E-state index contributed by atoms with van der Waals surface area (Å²) in [5.41, 5.74) is -0.706. The summed E-state index contributed by atoms with van der Waals surface area (Å²) in [7, 11) is 1.82. The number of hydrogen-bond acceptors (Lipinski definition) is 4. The van der Waals surface area contributed by atoms with Crippen molar-refractivity contribution in [1.82, 2.24) is 9.80 Å². The third-order valence-electron chi connectivity index (χ3n) is 4.88. The van der Waals surface area contributed by atoms with E-state index < -0.39 is 5.54 Å². The lowest BCUT2D eigenvalue weighted by atomic mass is 9.91. The first kappa shape index (κ1) is 16.2. The first-order valence-electron chi connectivity index (χ1n) is 7.72. The topological polar surface area (TPSA) is 70.1 Å². The molecule has 2 saturated heterocycles. The lowest BCUT2D eigenvalue weighted by Crippen LogP contribution is -2.53. The van der Waals surface area contributed by atoms with Crippen LogP contribution in [0.4, 0.5) is 0 Å². The van der Waals surface area contributed by atoms with Gasteiger partial charge in [-0.2, -0.15) is 0 Å². The van der Waals surface area contributed by atoms with E-state index in [4.69, 9.17) is 4.74 Å². The summed E-state index contributed by atoms with van der Waals surface area (Å²) >= 11 is 0. The molecule has 6 heteroatoms. The molecule has 2 aliphatic heterocycles. The van der Waals surface area contributed by atoms with Crippen LogP contribution >= 0.6 is 0 Å². The second kappa shape index (κ2) is 6.75. The average Bonchev–Trinajstić information content (AvgIpc) is 2.91. The van der Waals surface area contributed by atoms with E-state index in [0.29, 0.717) is 26.2 Å². The minimum absolute atomic E-state index is 0.00380. The number of ether oxygens (including phenoxy) is 1. The third kappa shape index (κ3) is 3.37. The van der Waals surface area contributed by atoms with Gasteiger partial charge in [0.2, 0.25) is 11.8 Å². The maximum atomic E-state index is 12.6. The van der Waals surface area contributed by atoms with Crippen molar-refractivity contribution < 1.29 is 19.4 Å². The lowest BCUT2D eigenvalue weighted by Gasteiger charge is -2.39. The molecule has 0 aliphatic carbocycles. The van der Waals surface area contributed by atoms with Gasteiger partial charge in [-0.05, 0) is 25.7 Å². The highest BCUT2D eigenvalue weighted by Crippen LogP contribution is 2.33. The molecule has 0 radical (unpaired) electrons. The minimum atomic E-state index is -0.706. The van der Waals surface area contributed by atoms with E-state index >= 15 is 0 Å². The summed E-state index contributed by atoms with van der Waals surface area (Å²) in [6.45, 7) is 3.35. The highest BCUT2D eigenvalue weighted by molar-refractivity contribution is 5.80. The van der Waals surface area contributed by atoms with Crippen molar-refractivity contribution >= 4 is 11.8 Å². The summed E-state index contributed by atoms with van der Waals surface area (Å²) in [5, 5.41) is 9.79. The molecule has 6 nitrogen and oxygen atoms in total. The van der Waals surface area contributed by atoms with E-state index in [-0.39, 0.29) is 30.9 Å². The van der Waals surface area contributed by atoms with Crippen molar-refractivity contribution in [2.45, 2.75) is 50.6 Å². The van der Waals surface area contributed by atoms with Crippen LogP contribution in [0.25, 0.3) is 0 Å². The fraction of sp³-hybridized carbons (Fsp3) is 0.867. The Morgan fingerprint density at radius 2 is 2.05 bits per heavy atom. The van der Waals surface area contributed by atoms with Crippen LogP contribution < -0.4 is 0 Å². The molecular weight excluding hydrogens is 272 g/mol. The predicted octanol–water partition coefficient (Wildman–Crippen LogP) is 0.387. The van der Waals surface area contributed by atoms with Gasteiger partial charge >= 0.3 is 0 Å². The van der Waals surface area contributed by atoms with Crippen molar-refractivity contribution in [2.24, 2.45) is 0 Å². The number of carbonyl (C=O) groups is 2. The smallest absolute Gasteiger partial charge is 0.225 e. The summed E-state index contributed by atoms with van der Waals surface area (Å²) in [5.74, 6) is -0.0628. The van der Waals surface area contributed by atoms with Crippen LogP contribution in [-0.4, -0.2) is 71.7 Å². The van der Waals surface area contributed by atoms with Crippen LogP contribution in [0.1, 0.15) is 39.0 Å². The Morgan fingerprint density at radius 3 is 2.62 bits per heavy atom. The van der Waals surface area contributed by atoms with Crippen LogP contribution in [0.2, 0.25) is 0 Å². The van der Waals surface area contributed by atoms with Crippen LogP contribution in [0.15, 0.2) is 0 Å². The van der Waals surface area contributed by atoms with Gasteiger partial charge in [0.15, 0.2) is 0 Å². The Balaban J connectivity index is 2.03. The van der Waals surface area contributed by atoms with E-state index in [9.17, 15) is 14.7 Å². The third-order valence-corrected chi connectivity index (χ3v) is 4.88. The molecule has 0 aromatic carbocycles. The second-order valence-electron chi connectivity index (χ2n) is 6.18. The predicted molar refractivity (Wildman–Crippen MR) is 77.7 cm³/mol. The fourth-order valence-electron chi connectivity index (χ4n) is 3.52. The molecule has 2 heterocycles. The van der Waals surface area contributed by atoms with E-state index in [1.807, 2.05) is 7.05 Å². The molecule has 2 amide bonds. The summed E-state index contributed by atoms with van der Waals surface area (Å²) in [6, 6.07) is 0.203. The minimum Gasteiger partial charge on any atom is -0.394 e. The van der Waals surface area contributed by atoms with Crippen molar-refractivity contribution in [3.63, 3.8) is 0 Å². The zero-order valence-corrected chi connectivity index (χ0v) is 13.0. The van der Waals surface area contributed by atoms with Gasteiger partial charge in [0, 0.05) is 39.8 Å². The molecule has 0 spiro atoms. The van der Waals surface area contributed by atoms with E-state index in [2.05, 4.69) is 0 Å². The number of rotatable bonds is 4. The number of hydrogen-bond donors (Lipinski definition) is 1. The quantitative estimate of drug-likeness (QED) is 0.815. The van der Waals surface area contributed by atoms with Gasteiger partial charge in [-0.1, -0.05) is 0 Å². The van der Waals surface area contributed by atoms with Gasteiger partial charge in [-0.25, -0.2) is 0 Å². The number of aliphatic hydroxyl groups is 1. The maximum Gasteiger partial charge on any atom is 0.225 e. The van der Waals surface area contributed by atoms with Gasteiger partial charge in [0.1, 0.15) is 0 Å². The van der Waals surface area contributed by atoms with Gasteiger partial charge in [0.25, 0.3) is 0 Å². The zero-order valence-electron chi connectivity index (χ0n) is 13.0. The molecule has 2 rings (SSSR count). The molecule has 120 valence electrons. The fourth-order valence-corrected chi connectivity index (χ4v) is 3.52. The SMILES string of the molecule is CC(=O)N1CCCC1(CO)CC(=O)N(C)C1CCOCC1. The number of nitrogens with zero attached hydrogens (tertiary/aromatic N) is 2. The molecule has 1 N–H and O–H groups in total. The summed E-state index contributed by atoms with van der Waals surface area (Å²) in [4.78, 5) is 27.8. The van der Waals surface area contributed by atoms with Gasteiger partial charge < -0.3 is 19.6 Å². The first-order valence-corrected chi connectivity index (χ1v) is 7.72. The molecule has 21 heavy (non-hydrogen) atoms.